The monoisotopic (exact) mass is 404 g/mol. The fourth-order valence-electron chi connectivity index (χ4n) is 3.17. The summed E-state index contributed by atoms with van der Waals surface area (Å²) in [6.07, 6.45) is 0. The van der Waals surface area contributed by atoms with Gasteiger partial charge in [-0.3, -0.25) is 4.79 Å². The molecule has 8 heteroatoms. The summed E-state index contributed by atoms with van der Waals surface area (Å²) in [5, 5.41) is 15.3. The molecule has 0 atom stereocenters. The van der Waals surface area contributed by atoms with Gasteiger partial charge in [-0.1, -0.05) is 35.9 Å². The van der Waals surface area contributed by atoms with E-state index >= 15 is 0 Å². The first-order chi connectivity index (χ1) is 13.9. The Bertz CT molecular complexity index is 1210. The lowest BCUT2D eigenvalue weighted by molar-refractivity contribution is 0.103. The second-order valence-corrected chi connectivity index (χ2v) is 7.91. The van der Waals surface area contributed by atoms with Crippen LogP contribution in [0.25, 0.3) is 22.0 Å². The Morgan fingerprint density at radius 3 is 2.66 bits per heavy atom. The fourth-order valence-corrected chi connectivity index (χ4v) is 4.23. The molecule has 2 heterocycles. The standard InChI is InChI=1S/C21H20N6OS/c1-12-8-9-17(13(2)10-12)21-22-14(3)18(29-21)20(28)23-16-7-5-6-15(11-16)19-24-25-26-27(19)4/h5-11H,1-4H3,(H,23,28). The van der Waals surface area contributed by atoms with Crippen LogP contribution < -0.4 is 5.32 Å². The van der Waals surface area contributed by atoms with Crippen LogP contribution in [0.15, 0.2) is 42.5 Å². The molecule has 4 aromatic rings. The van der Waals surface area contributed by atoms with Gasteiger partial charge in [-0.25, -0.2) is 9.67 Å². The molecule has 4 rings (SSSR count). The van der Waals surface area contributed by atoms with Crippen LogP contribution in [0.1, 0.15) is 26.5 Å². The number of nitrogens with zero attached hydrogens (tertiary/aromatic N) is 5. The maximum absolute atomic E-state index is 12.9. The number of carbonyl (C=O) groups is 1. The lowest BCUT2D eigenvalue weighted by Gasteiger charge is -2.06. The first-order valence-corrected chi connectivity index (χ1v) is 9.93. The molecule has 2 aromatic heterocycles. The van der Waals surface area contributed by atoms with Gasteiger partial charge in [0.15, 0.2) is 5.82 Å². The van der Waals surface area contributed by atoms with Gasteiger partial charge in [0.05, 0.1) is 5.69 Å². The summed E-state index contributed by atoms with van der Waals surface area (Å²) in [5.74, 6) is 0.455. The third-order valence-electron chi connectivity index (χ3n) is 4.61. The van der Waals surface area contributed by atoms with Gasteiger partial charge in [0, 0.05) is 23.9 Å². The number of hydrogen-bond acceptors (Lipinski definition) is 6. The van der Waals surface area contributed by atoms with Crippen molar-refractivity contribution in [2.75, 3.05) is 5.32 Å². The second-order valence-electron chi connectivity index (χ2n) is 6.91. The lowest BCUT2D eigenvalue weighted by Crippen LogP contribution is -2.11. The largest absolute Gasteiger partial charge is 0.321 e. The van der Waals surface area contributed by atoms with Gasteiger partial charge in [-0.05, 0) is 48.9 Å². The van der Waals surface area contributed by atoms with Gasteiger partial charge >= 0.3 is 0 Å². The van der Waals surface area contributed by atoms with Gasteiger partial charge in [0.1, 0.15) is 9.88 Å². The summed E-state index contributed by atoms with van der Waals surface area (Å²) in [6.45, 7) is 5.99. The molecule has 1 N–H and O–H groups in total. The van der Waals surface area contributed by atoms with E-state index in [-0.39, 0.29) is 5.91 Å². The molecule has 2 aromatic carbocycles. The fraction of sp³-hybridized carbons (Fsp3) is 0.190. The van der Waals surface area contributed by atoms with E-state index in [1.54, 1.807) is 11.7 Å². The van der Waals surface area contributed by atoms with Crippen molar-refractivity contribution in [1.82, 2.24) is 25.2 Å². The molecule has 0 aliphatic rings. The quantitative estimate of drug-likeness (QED) is 0.551. The number of tetrazole rings is 1. The van der Waals surface area contributed by atoms with Crippen LogP contribution in [0, 0.1) is 20.8 Å². The number of aryl methyl sites for hydroxylation is 4. The molecule has 1 amide bonds. The van der Waals surface area contributed by atoms with Gasteiger partial charge in [0.2, 0.25) is 0 Å². The van der Waals surface area contributed by atoms with Crippen molar-refractivity contribution in [3.63, 3.8) is 0 Å². The highest BCUT2D eigenvalue weighted by Crippen LogP contribution is 2.31. The lowest BCUT2D eigenvalue weighted by atomic mass is 10.1. The highest BCUT2D eigenvalue weighted by molar-refractivity contribution is 7.17. The maximum atomic E-state index is 12.9. The molecule has 0 saturated heterocycles. The first kappa shape index (κ1) is 18.9. The van der Waals surface area contributed by atoms with Crippen LogP contribution >= 0.6 is 11.3 Å². The normalized spacial score (nSPS) is 10.9. The van der Waals surface area contributed by atoms with E-state index in [4.69, 9.17) is 0 Å². The molecule has 29 heavy (non-hydrogen) atoms. The molecule has 0 radical (unpaired) electrons. The highest BCUT2D eigenvalue weighted by Gasteiger charge is 2.18. The molecule has 0 bridgehead atoms. The van der Waals surface area contributed by atoms with Crippen molar-refractivity contribution < 1.29 is 4.79 Å². The van der Waals surface area contributed by atoms with Crippen molar-refractivity contribution in [2.45, 2.75) is 20.8 Å². The third-order valence-corrected chi connectivity index (χ3v) is 5.80. The van der Waals surface area contributed by atoms with Crippen molar-refractivity contribution in [1.29, 1.82) is 0 Å². The molecule has 146 valence electrons. The van der Waals surface area contributed by atoms with E-state index in [1.165, 1.54) is 16.9 Å². The van der Waals surface area contributed by atoms with Crippen LogP contribution in [0.4, 0.5) is 5.69 Å². The maximum Gasteiger partial charge on any atom is 0.267 e. The van der Waals surface area contributed by atoms with Crippen molar-refractivity contribution >= 4 is 22.9 Å². The Morgan fingerprint density at radius 2 is 1.93 bits per heavy atom. The van der Waals surface area contributed by atoms with Gasteiger partial charge in [0.25, 0.3) is 5.91 Å². The zero-order chi connectivity index (χ0) is 20.5. The first-order valence-electron chi connectivity index (χ1n) is 9.11. The molecule has 0 fully saturated rings. The Hall–Kier alpha value is -3.39. The van der Waals surface area contributed by atoms with Gasteiger partial charge in [-0.15, -0.1) is 16.4 Å². The molecule has 0 saturated carbocycles. The van der Waals surface area contributed by atoms with Crippen molar-refractivity contribution in [3.05, 3.63) is 64.2 Å². The molecular weight excluding hydrogens is 384 g/mol. The zero-order valence-corrected chi connectivity index (χ0v) is 17.4. The third kappa shape index (κ3) is 3.79. The van der Waals surface area contributed by atoms with Crippen LogP contribution in [0.3, 0.4) is 0 Å². The number of benzene rings is 2. The smallest absolute Gasteiger partial charge is 0.267 e. The summed E-state index contributed by atoms with van der Waals surface area (Å²) in [6, 6.07) is 13.7. The Balaban J connectivity index is 1.60. The predicted octanol–water partition coefficient (Wildman–Crippen LogP) is 4.18. The summed E-state index contributed by atoms with van der Waals surface area (Å²) < 4.78 is 1.59. The minimum atomic E-state index is -0.177. The number of anilines is 1. The van der Waals surface area contributed by atoms with Crippen LogP contribution in [0.2, 0.25) is 0 Å². The van der Waals surface area contributed by atoms with Gasteiger partial charge < -0.3 is 5.32 Å². The molecular formula is C21H20N6OS. The average Bonchev–Trinajstić information content (AvgIpc) is 3.27. The second kappa shape index (κ2) is 7.56. The van der Waals surface area contributed by atoms with E-state index in [2.05, 4.69) is 57.9 Å². The Morgan fingerprint density at radius 1 is 1.10 bits per heavy atom. The van der Waals surface area contributed by atoms with Crippen LogP contribution in [-0.4, -0.2) is 31.1 Å². The number of nitrogens with one attached hydrogen (secondary N) is 1. The minimum Gasteiger partial charge on any atom is -0.321 e. The van der Waals surface area contributed by atoms with Gasteiger partial charge in [-0.2, -0.15) is 0 Å². The number of amides is 1. The SMILES string of the molecule is Cc1ccc(-c2nc(C)c(C(=O)Nc3cccc(-c4nnnn4C)c3)s2)c(C)c1. The topological polar surface area (TPSA) is 85.6 Å². The van der Waals surface area contributed by atoms with E-state index < -0.39 is 0 Å². The summed E-state index contributed by atoms with van der Waals surface area (Å²) in [5.41, 5.74) is 5.63. The predicted molar refractivity (Wildman–Crippen MR) is 114 cm³/mol. The molecule has 0 unspecified atom stereocenters. The summed E-state index contributed by atoms with van der Waals surface area (Å²) in [4.78, 5) is 18.1. The Labute approximate surface area is 172 Å². The molecule has 0 spiro atoms. The molecule has 7 nitrogen and oxygen atoms in total. The zero-order valence-electron chi connectivity index (χ0n) is 16.6. The van der Waals surface area contributed by atoms with Crippen LogP contribution in [-0.2, 0) is 7.05 Å². The molecule has 0 aliphatic carbocycles. The summed E-state index contributed by atoms with van der Waals surface area (Å²) in [7, 11) is 1.77. The van der Waals surface area contributed by atoms with E-state index in [0.717, 1.165) is 27.4 Å². The summed E-state index contributed by atoms with van der Waals surface area (Å²) >= 11 is 1.40. The number of rotatable bonds is 4. The molecule has 0 aliphatic heterocycles. The average molecular weight is 404 g/mol. The minimum absolute atomic E-state index is 0.177. The van der Waals surface area contributed by atoms with E-state index in [1.807, 2.05) is 31.2 Å². The van der Waals surface area contributed by atoms with E-state index in [9.17, 15) is 4.79 Å². The number of thiazole rings is 1. The number of carbonyl (C=O) groups excluding carboxylic acids is 1. The number of hydrogen-bond donors (Lipinski definition) is 1. The number of aromatic nitrogens is 5. The van der Waals surface area contributed by atoms with Crippen molar-refractivity contribution in [2.24, 2.45) is 7.05 Å². The highest BCUT2D eigenvalue weighted by atomic mass is 32.1. The van der Waals surface area contributed by atoms with E-state index in [0.29, 0.717) is 16.4 Å². The van der Waals surface area contributed by atoms with Crippen molar-refractivity contribution in [3.8, 4) is 22.0 Å². The Kier molecular flexibility index (Phi) is 4.94. The van der Waals surface area contributed by atoms with Crippen LogP contribution in [0.5, 0.6) is 0 Å².